The first-order valence-corrected chi connectivity index (χ1v) is 4.90. The lowest BCUT2D eigenvalue weighted by Gasteiger charge is -2.43. The van der Waals surface area contributed by atoms with Crippen LogP contribution in [0.2, 0.25) is 0 Å². The fraction of sp³-hybridized carbons (Fsp3) is 0.364. The van der Waals surface area contributed by atoms with Gasteiger partial charge in [0.2, 0.25) is 0 Å². The Bertz CT molecular complexity index is 352. The van der Waals surface area contributed by atoms with Gasteiger partial charge in [0.15, 0.2) is 0 Å². The third-order valence-corrected chi connectivity index (χ3v) is 2.76. The van der Waals surface area contributed by atoms with Crippen LogP contribution in [-0.2, 0) is 6.42 Å². The van der Waals surface area contributed by atoms with Gasteiger partial charge in [-0.1, -0.05) is 30.3 Å². The Morgan fingerprint density at radius 3 is 2.60 bits per heavy atom. The van der Waals surface area contributed by atoms with Crippen LogP contribution in [0.4, 0.5) is 4.79 Å². The molecule has 0 bridgehead atoms. The van der Waals surface area contributed by atoms with Crippen LogP contribution in [0.1, 0.15) is 5.56 Å². The quantitative estimate of drug-likeness (QED) is 0.759. The lowest BCUT2D eigenvalue weighted by atomic mass is 9.93. The second kappa shape index (κ2) is 3.90. The first-order valence-electron chi connectivity index (χ1n) is 4.90. The third kappa shape index (κ3) is 1.94. The maximum atomic E-state index is 10.7. The van der Waals surface area contributed by atoms with Crippen LogP contribution in [0.5, 0.6) is 0 Å². The average Bonchev–Trinajstić information content (AvgIpc) is 2.23. The molecule has 0 spiro atoms. The lowest BCUT2D eigenvalue weighted by molar-refractivity contribution is -0.0456. The zero-order valence-corrected chi connectivity index (χ0v) is 8.21. The summed E-state index contributed by atoms with van der Waals surface area (Å²) in [6, 6.07) is 9.31. The number of β-amino-alcohol motifs (C(OH)–C–C–N with tert-alkyl or cyclic N) is 1. The normalized spacial score (nSPS) is 24.7. The number of carbonyl (C=O) groups is 1. The molecule has 1 heterocycles. The van der Waals surface area contributed by atoms with Crippen molar-refractivity contribution >= 4 is 6.09 Å². The number of benzene rings is 1. The Labute approximate surface area is 87.8 Å². The predicted molar refractivity (Wildman–Crippen MR) is 54.7 cm³/mol. The van der Waals surface area contributed by atoms with Crippen molar-refractivity contribution in [2.45, 2.75) is 18.6 Å². The summed E-state index contributed by atoms with van der Waals surface area (Å²) in [4.78, 5) is 12.0. The zero-order valence-electron chi connectivity index (χ0n) is 8.21. The maximum absolute atomic E-state index is 10.7. The summed E-state index contributed by atoms with van der Waals surface area (Å²) in [5.41, 5.74) is 1.05. The summed E-state index contributed by atoms with van der Waals surface area (Å²) >= 11 is 0. The van der Waals surface area contributed by atoms with E-state index in [4.69, 9.17) is 5.11 Å². The van der Waals surface area contributed by atoms with Gasteiger partial charge in [0.05, 0.1) is 18.7 Å². The molecule has 2 atom stereocenters. The minimum atomic E-state index is -0.957. The molecule has 1 aromatic carbocycles. The van der Waals surface area contributed by atoms with Crippen molar-refractivity contribution in [1.82, 2.24) is 4.90 Å². The zero-order chi connectivity index (χ0) is 10.8. The van der Waals surface area contributed by atoms with Crippen LogP contribution in [0.3, 0.4) is 0 Å². The second-order valence-corrected chi connectivity index (χ2v) is 3.76. The van der Waals surface area contributed by atoms with Crippen LogP contribution < -0.4 is 0 Å². The number of nitrogens with zero attached hydrogens (tertiary/aromatic N) is 1. The molecular weight excluding hydrogens is 194 g/mol. The van der Waals surface area contributed by atoms with Crippen molar-refractivity contribution in [3.8, 4) is 0 Å². The van der Waals surface area contributed by atoms with Crippen molar-refractivity contribution < 1.29 is 15.0 Å². The standard InChI is InChI=1S/C11H13NO3/c13-10-7-12(11(14)15)9(10)6-8-4-2-1-3-5-8/h1-5,9-10,13H,6-7H2,(H,14,15). The number of rotatable bonds is 2. The SMILES string of the molecule is O=C(O)N1CC(O)C1Cc1ccccc1. The van der Waals surface area contributed by atoms with Gasteiger partial charge in [-0.15, -0.1) is 0 Å². The first-order chi connectivity index (χ1) is 7.18. The van der Waals surface area contributed by atoms with Crippen molar-refractivity contribution in [3.05, 3.63) is 35.9 Å². The smallest absolute Gasteiger partial charge is 0.407 e. The van der Waals surface area contributed by atoms with E-state index in [0.29, 0.717) is 6.42 Å². The summed E-state index contributed by atoms with van der Waals surface area (Å²) in [5.74, 6) is 0. The van der Waals surface area contributed by atoms with Crippen molar-refractivity contribution in [1.29, 1.82) is 0 Å². The van der Waals surface area contributed by atoms with E-state index in [-0.39, 0.29) is 12.6 Å². The van der Waals surface area contributed by atoms with E-state index < -0.39 is 12.2 Å². The summed E-state index contributed by atoms with van der Waals surface area (Å²) < 4.78 is 0. The van der Waals surface area contributed by atoms with E-state index >= 15 is 0 Å². The molecule has 1 saturated heterocycles. The largest absolute Gasteiger partial charge is 0.465 e. The third-order valence-electron chi connectivity index (χ3n) is 2.76. The molecule has 0 saturated carbocycles. The minimum Gasteiger partial charge on any atom is -0.465 e. The maximum Gasteiger partial charge on any atom is 0.407 e. The number of hydrogen-bond acceptors (Lipinski definition) is 2. The van der Waals surface area contributed by atoms with Crippen LogP contribution in [0.15, 0.2) is 30.3 Å². The minimum absolute atomic E-state index is 0.229. The second-order valence-electron chi connectivity index (χ2n) is 3.76. The van der Waals surface area contributed by atoms with E-state index in [9.17, 15) is 9.90 Å². The van der Waals surface area contributed by atoms with Gasteiger partial charge in [0.25, 0.3) is 0 Å². The van der Waals surface area contributed by atoms with E-state index in [1.54, 1.807) is 0 Å². The molecule has 0 aliphatic carbocycles. The molecule has 0 aromatic heterocycles. The van der Waals surface area contributed by atoms with E-state index in [0.717, 1.165) is 5.56 Å². The molecule has 1 amide bonds. The van der Waals surface area contributed by atoms with E-state index in [1.807, 2.05) is 30.3 Å². The van der Waals surface area contributed by atoms with E-state index in [2.05, 4.69) is 0 Å². The van der Waals surface area contributed by atoms with Crippen LogP contribution in [0.25, 0.3) is 0 Å². The molecule has 1 aliphatic rings. The van der Waals surface area contributed by atoms with E-state index in [1.165, 1.54) is 4.90 Å². The number of carboxylic acid groups (broad SMARTS) is 1. The monoisotopic (exact) mass is 207 g/mol. The fourth-order valence-electron chi connectivity index (χ4n) is 1.85. The van der Waals surface area contributed by atoms with Gasteiger partial charge in [-0.25, -0.2) is 4.79 Å². The van der Waals surface area contributed by atoms with Crippen LogP contribution in [0, 0.1) is 0 Å². The van der Waals surface area contributed by atoms with Gasteiger partial charge in [-0.2, -0.15) is 0 Å². The van der Waals surface area contributed by atoms with Gasteiger partial charge in [-0.3, -0.25) is 4.90 Å². The molecule has 2 unspecified atom stereocenters. The molecule has 2 rings (SSSR count). The van der Waals surface area contributed by atoms with Crippen molar-refractivity contribution in [2.24, 2.45) is 0 Å². The van der Waals surface area contributed by atoms with Crippen molar-refractivity contribution in [2.75, 3.05) is 6.54 Å². The molecule has 80 valence electrons. The molecule has 1 aromatic rings. The summed E-state index contributed by atoms with van der Waals surface area (Å²) in [7, 11) is 0. The van der Waals surface area contributed by atoms with Gasteiger partial charge < -0.3 is 10.2 Å². The highest BCUT2D eigenvalue weighted by molar-refractivity contribution is 5.67. The fourth-order valence-corrected chi connectivity index (χ4v) is 1.85. The topological polar surface area (TPSA) is 60.8 Å². The molecule has 4 nitrogen and oxygen atoms in total. The lowest BCUT2D eigenvalue weighted by Crippen LogP contribution is -2.62. The molecule has 1 aliphatic heterocycles. The summed E-state index contributed by atoms with van der Waals surface area (Å²) in [5, 5.41) is 18.3. The van der Waals surface area contributed by atoms with Crippen LogP contribution in [-0.4, -0.2) is 39.9 Å². The van der Waals surface area contributed by atoms with Gasteiger partial charge in [0, 0.05) is 0 Å². The molecule has 2 N–H and O–H groups in total. The molecule has 15 heavy (non-hydrogen) atoms. The van der Waals surface area contributed by atoms with Gasteiger partial charge in [-0.05, 0) is 12.0 Å². The number of hydrogen-bond donors (Lipinski definition) is 2. The highest BCUT2D eigenvalue weighted by Crippen LogP contribution is 2.22. The van der Waals surface area contributed by atoms with Gasteiger partial charge in [0.1, 0.15) is 0 Å². The predicted octanol–water partition coefficient (Wildman–Crippen LogP) is 0.952. The number of aliphatic hydroxyl groups excluding tert-OH is 1. The molecule has 0 radical (unpaired) electrons. The Morgan fingerprint density at radius 2 is 2.07 bits per heavy atom. The highest BCUT2D eigenvalue weighted by atomic mass is 16.4. The highest BCUT2D eigenvalue weighted by Gasteiger charge is 2.40. The number of amides is 1. The Balaban J connectivity index is 2.02. The summed E-state index contributed by atoms with van der Waals surface area (Å²) in [6.07, 6.45) is -0.906. The van der Waals surface area contributed by atoms with Crippen molar-refractivity contribution in [3.63, 3.8) is 0 Å². The Morgan fingerprint density at radius 1 is 1.40 bits per heavy atom. The summed E-state index contributed by atoms with van der Waals surface area (Å²) in [6.45, 7) is 0.229. The Kier molecular flexibility index (Phi) is 2.60. The average molecular weight is 207 g/mol. The number of aliphatic hydroxyl groups is 1. The molecule has 4 heteroatoms. The Hall–Kier alpha value is -1.55. The van der Waals surface area contributed by atoms with Crippen LogP contribution >= 0.6 is 0 Å². The first kappa shape index (κ1) is 9.98. The molecular formula is C11H13NO3. The van der Waals surface area contributed by atoms with Gasteiger partial charge >= 0.3 is 6.09 Å². The number of likely N-dealkylation sites (tertiary alicyclic amines) is 1. The molecule has 1 fully saturated rings.